The van der Waals surface area contributed by atoms with Crippen molar-refractivity contribution in [2.45, 2.75) is 26.7 Å². The Balaban J connectivity index is 2.35. The van der Waals surface area contributed by atoms with Gasteiger partial charge in [-0.3, -0.25) is 4.79 Å². The number of para-hydroxylation sites is 1. The van der Waals surface area contributed by atoms with E-state index in [1.165, 1.54) is 12.1 Å². The molecule has 0 aliphatic heterocycles. The summed E-state index contributed by atoms with van der Waals surface area (Å²) in [6.45, 7) is 4.08. The Hall–Kier alpha value is -2.36. The largest absolute Gasteiger partial charge is 0.398 e. The molecule has 0 aromatic heterocycles. The fraction of sp³-hybridized carbons (Fsp3) is 0.235. The summed E-state index contributed by atoms with van der Waals surface area (Å²) in [6, 6.07) is 9.75. The SMILES string of the molecule is CCc1cccc(CC)c1NC(=O)c1ccc(F)cc1N. The fourth-order valence-electron chi connectivity index (χ4n) is 2.32. The van der Waals surface area contributed by atoms with Gasteiger partial charge < -0.3 is 11.1 Å². The number of nitrogens with one attached hydrogen (secondary N) is 1. The van der Waals surface area contributed by atoms with Crippen LogP contribution in [0.25, 0.3) is 0 Å². The lowest BCUT2D eigenvalue weighted by molar-refractivity contribution is 0.102. The number of carbonyl (C=O) groups excluding carboxylic acids is 1. The number of halogens is 1. The zero-order valence-corrected chi connectivity index (χ0v) is 12.2. The molecule has 1 amide bonds. The maximum Gasteiger partial charge on any atom is 0.257 e. The third-order valence-corrected chi connectivity index (χ3v) is 3.50. The Kier molecular flexibility index (Phi) is 4.58. The molecule has 0 saturated carbocycles. The molecule has 0 saturated heterocycles. The van der Waals surface area contributed by atoms with Crippen LogP contribution in [0.3, 0.4) is 0 Å². The van der Waals surface area contributed by atoms with E-state index < -0.39 is 5.82 Å². The summed E-state index contributed by atoms with van der Waals surface area (Å²) >= 11 is 0. The second-order valence-electron chi connectivity index (χ2n) is 4.84. The van der Waals surface area contributed by atoms with Gasteiger partial charge in [-0.25, -0.2) is 4.39 Å². The first kappa shape index (κ1) is 15.0. The van der Waals surface area contributed by atoms with Crippen LogP contribution < -0.4 is 11.1 Å². The molecule has 2 rings (SSSR count). The lowest BCUT2D eigenvalue weighted by atomic mass is 10.0. The minimum Gasteiger partial charge on any atom is -0.398 e. The molecule has 0 aliphatic rings. The summed E-state index contributed by atoms with van der Waals surface area (Å²) in [5.41, 5.74) is 9.11. The molecule has 0 atom stereocenters. The van der Waals surface area contributed by atoms with Crippen LogP contribution in [-0.2, 0) is 12.8 Å². The number of anilines is 2. The molecule has 0 aliphatic carbocycles. The van der Waals surface area contributed by atoms with Crippen LogP contribution in [0.1, 0.15) is 35.3 Å². The van der Waals surface area contributed by atoms with Gasteiger partial charge in [0.05, 0.1) is 5.56 Å². The zero-order chi connectivity index (χ0) is 15.4. The third-order valence-electron chi connectivity index (χ3n) is 3.50. The highest BCUT2D eigenvalue weighted by Crippen LogP contribution is 2.24. The molecule has 2 aromatic rings. The molecule has 3 nitrogen and oxygen atoms in total. The highest BCUT2D eigenvalue weighted by molar-refractivity contribution is 6.08. The molecular weight excluding hydrogens is 267 g/mol. The van der Waals surface area contributed by atoms with E-state index in [1.54, 1.807) is 0 Å². The van der Waals surface area contributed by atoms with E-state index in [4.69, 9.17) is 5.73 Å². The minimum atomic E-state index is -0.452. The highest BCUT2D eigenvalue weighted by Gasteiger charge is 2.14. The molecule has 2 aromatic carbocycles. The van der Waals surface area contributed by atoms with Gasteiger partial charge in [0.2, 0.25) is 0 Å². The van der Waals surface area contributed by atoms with Crippen LogP contribution in [0, 0.1) is 5.82 Å². The van der Waals surface area contributed by atoms with Crippen molar-refractivity contribution in [3.05, 3.63) is 58.9 Å². The summed E-state index contributed by atoms with van der Waals surface area (Å²) in [4.78, 5) is 12.4. The molecule has 0 radical (unpaired) electrons. The maximum absolute atomic E-state index is 13.1. The monoisotopic (exact) mass is 286 g/mol. The van der Waals surface area contributed by atoms with Crippen LogP contribution in [0.5, 0.6) is 0 Å². The van der Waals surface area contributed by atoms with Crippen molar-refractivity contribution in [1.29, 1.82) is 0 Å². The predicted molar refractivity (Wildman–Crippen MR) is 84.0 cm³/mol. The summed E-state index contributed by atoms with van der Waals surface area (Å²) < 4.78 is 13.1. The summed E-state index contributed by atoms with van der Waals surface area (Å²) in [5, 5.41) is 2.92. The first-order chi connectivity index (χ1) is 10.1. The normalized spacial score (nSPS) is 10.4. The van der Waals surface area contributed by atoms with Gasteiger partial charge in [0.1, 0.15) is 5.82 Å². The average Bonchev–Trinajstić information content (AvgIpc) is 2.47. The fourth-order valence-corrected chi connectivity index (χ4v) is 2.32. The molecule has 3 N–H and O–H groups in total. The van der Waals surface area contributed by atoms with Crippen molar-refractivity contribution in [2.24, 2.45) is 0 Å². The standard InChI is InChI=1S/C17H19FN2O/c1-3-11-6-5-7-12(4-2)16(11)20-17(21)14-9-8-13(18)10-15(14)19/h5-10H,3-4,19H2,1-2H3,(H,20,21). The van der Waals surface area contributed by atoms with Crippen molar-refractivity contribution in [2.75, 3.05) is 11.1 Å². The van der Waals surface area contributed by atoms with E-state index in [1.807, 2.05) is 32.0 Å². The van der Waals surface area contributed by atoms with Gasteiger partial charge in [0.15, 0.2) is 0 Å². The van der Waals surface area contributed by atoms with E-state index >= 15 is 0 Å². The van der Waals surface area contributed by atoms with Crippen LogP contribution in [0.15, 0.2) is 36.4 Å². The van der Waals surface area contributed by atoms with E-state index in [9.17, 15) is 9.18 Å². The lowest BCUT2D eigenvalue weighted by Crippen LogP contribution is -2.16. The molecule has 0 spiro atoms. The number of hydrogen-bond donors (Lipinski definition) is 2. The molecule has 0 heterocycles. The molecule has 4 heteroatoms. The van der Waals surface area contributed by atoms with Crippen LogP contribution in [0.2, 0.25) is 0 Å². The van der Waals surface area contributed by atoms with Crippen molar-refractivity contribution < 1.29 is 9.18 Å². The Bertz CT molecular complexity index is 646. The number of benzene rings is 2. The van der Waals surface area contributed by atoms with Crippen LogP contribution >= 0.6 is 0 Å². The quantitative estimate of drug-likeness (QED) is 0.840. The van der Waals surface area contributed by atoms with Gasteiger partial charge in [0.25, 0.3) is 5.91 Å². The third kappa shape index (κ3) is 3.21. The molecule has 110 valence electrons. The Labute approximate surface area is 124 Å². The van der Waals surface area contributed by atoms with Gasteiger partial charge in [-0.05, 0) is 42.2 Å². The van der Waals surface area contributed by atoms with Gasteiger partial charge in [-0.1, -0.05) is 32.0 Å². The zero-order valence-electron chi connectivity index (χ0n) is 12.2. The number of hydrogen-bond acceptors (Lipinski definition) is 2. The average molecular weight is 286 g/mol. The number of nitrogen functional groups attached to an aromatic ring is 1. The number of amides is 1. The minimum absolute atomic E-state index is 0.138. The van der Waals surface area contributed by atoms with Crippen LogP contribution in [-0.4, -0.2) is 5.91 Å². The van der Waals surface area contributed by atoms with Crippen molar-refractivity contribution >= 4 is 17.3 Å². The van der Waals surface area contributed by atoms with E-state index in [0.717, 1.165) is 35.7 Å². The van der Waals surface area contributed by atoms with Gasteiger partial charge in [-0.2, -0.15) is 0 Å². The Morgan fingerprint density at radius 3 is 2.29 bits per heavy atom. The smallest absolute Gasteiger partial charge is 0.257 e. The van der Waals surface area contributed by atoms with Gasteiger partial charge >= 0.3 is 0 Å². The molecule has 21 heavy (non-hydrogen) atoms. The predicted octanol–water partition coefficient (Wildman–Crippen LogP) is 3.79. The van der Waals surface area contributed by atoms with Crippen molar-refractivity contribution in [3.8, 4) is 0 Å². The van der Waals surface area contributed by atoms with E-state index in [0.29, 0.717) is 0 Å². The highest BCUT2D eigenvalue weighted by atomic mass is 19.1. The van der Waals surface area contributed by atoms with Crippen molar-refractivity contribution in [3.63, 3.8) is 0 Å². The van der Waals surface area contributed by atoms with Gasteiger partial charge in [-0.15, -0.1) is 0 Å². The molecule has 0 fully saturated rings. The first-order valence-corrected chi connectivity index (χ1v) is 7.04. The number of nitrogens with two attached hydrogens (primary N) is 1. The number of carbonyl (C=O) groups is 1. The van der Waals surface area contributed by atoms with Gasteiger partial charge in [0, 0.05) is 11.4 Å². The number of aryl methyl sites for hydroxylation is 2. The van der Waals surface area contributed by atoms with E-state index in [2.05, 4.69) is 5.32 Å². The topological polar surface area (TPSA) is 55.1 Å². The maximum atomic E-state index is 13.1. The molecule has 0 bridgehead atoms. The first-order valence-electron chi connectivity index (χ1n) is 7.04. The lowest BCUT2D eigenvalue weighted by Gasteiger charge is -2.15. The molecular formula is C17H19FN2O. The number of rotatable bonds is 4. The van der Waals surface area contributed by atoms with E-state index in [-0.39, 0.29) is 17.2 Å². The Morgan fingerprint density at radius 2 is 1.76 bits per heavy atom. The summed E-state index contributed by atoms with van der Waals surface area (Å²) in [7, 11) is 0. The van der Waals surface area contributed by atoms with Crippen molar-refractivity contribution in [1.82, 2.24) is 0 Å². The Morgan fingerprint density at radius 1 is 1.14 bits per heavy atom. The summed E-state index contributed by atoms with van der Waals surface area (Å²) in [5.74, 6) is -0.768. The van der Waals surface area contributed by atoms with Crippen LogP contribution in [0.4, 0.5) is 15.8 Å². The second-order valence-corrected chi connectivity index (χ2v) is 4.84. The molecule has 0 unspecified atom stereocenters. The summed E-state index contributed by atoms with van der Waals surface area (Å²) in [6.07, 6.45) is 1.64. The second kappa shape index (κ2) is 6.39.